The van der Waals surface area contributed by atoms with Crippen LogP contribution in [0.2, 0.25) is 0 Å². The number of piperidine rings is 1. The molecule has 0 unspecified atom stereocenters. The van der Waals surface area contributed by atoms with Gasteiger partial charge in [-0.3, -0.25) is 9.59 Å². The van der Waals surface area contributed by atoms with E-state index in [2.05, 4.69) is 28.5 Å². The first-order valence-electron chi connectivity index (χ1n) is 10.3. The average Bonchev–Trinajstić information content (AvgIpc) is 3.04. The summed E-state index contributed by atoms with van der Waals surface area (Å²) in [6.07, 6.45) is 9.57. The number of imidazole rings is 1. The van der Waals surface area contributed by atoms with Gasteiger partial charge >= 0.3 is 0 Å². The largest absolute Gasteiger partial charge is 0.340 e. The molecule has 2 aliphatic rings. The van der Waals surface area contributed by atoms with Crippen molar-refractivity contribution >= 4 is 11.8 Å². The maximum absolute atomic E-state index is 12.8. The minimum atomic E-state index is 0.0846. The number of aromatic nitrogens is 2. The second-order valence-corrected chi connectivity index (χ2v) is 8.09. The fourth-order valence-electron chi connectivity index (χ4n) is 4.06. The third kappa shape index (κ3) is 5.31. The van der Waals surface area contributed by atoms with Crippen LogP contribution in [-0.2, 0) is 16.1 Å². The van der Waals surface area contributed by atoms with Crippen LogP contribution in [0.3, 0.4) is 0 Å². The Morgan fingerprint density at radius 2 is 2.07 bits per heavy atom. The zero-order valence-corrected chi connectivity index (χ0v) is 16.8. The molecule has 0 radical (unpaired) electrons. The number of likely N-dealkylation sites (N-methyl/N-ethyl adjacent to an activating group) is 1. The van der Waals surface area contributed by atoms with E-state index in [0.717, 1.165) is 64.1 Å². The zero-order chi connectivity index (χ0) is 19.2. The standard InChI is InChI=1S/C20H33N5O2/c1-22(2)13-14-23-12-9-21-20(23)17-7-6-11-24(15-17)19(27)16-25-10-5-3-4-8-18(25)26/h9,12,17H,3-8,10-11,13-16H2,1-2H3/t17-/m0/s1. The molecule has 3 rings (SSSR count). The highest BCUT2D eigenvalue weighted by atomic mass is 16.2. The van der Waals surface area contributed by atoms with Gasteiger partial charge in [0.05, 0.1) is 6.54 Å². The first kappa shape index (κ1) is 19.9. The molecule has 7 nitrogen and oxygen atoms in total. The molecule has 1 aromatic rings. The summed E-state index contributed by atoms with van der Waals surface area (Å²) in [5.74, 6) is 1.58. The second-order valence-electron chi connectivity index (χ2n) is 8.09. The van der Waals surface area contributed by atoms with Gasteiger partial charge in [-0.1, -0.05) is 6.42 Å². The van der Waals surface area contributed by atoms with Gasteiger partial charge in [0.25, 0.3) is 0 Å². The van der Waals surface area contributed by atoms with Gasteiger partial charge in [-0.25, -0.2) is 4.98 Å². The van der Waals surface area contributed by atoms with Gasteiger partial charge in [0, 0.05) is 57.5 Å². The Hall–Kier alpha value is -1.89. The third-order valence-electron chi connectivity index (χ3n) is 5.67. The molecule has 150 valence electrons. The molecule has 2 aliphatic heterocycles. The number of carbonyl (C=O) groups excluding carboxylic acids is 2. The molecule has 0 aromatic carbocycles. The summed E-state index contributed by atoms with van der Waals surface area (Å²) in [5, 5.41) is 0. The number of hydrogen-bond donors (Lipinski definition) is 0. The third-order valence-corrected chi connectivity index (χ3v) is 5.67. The van der Waals surface area contributed by atoms with Crippen molar-refractivity contribution in [3.63, 3.8) is 0 Å². The Bertz CT molecular complexity index is 642. The molecule has 2 fully saturated rings. The Kier molecular flexibility index (Phi) is 6.88. The van der Waals surface area contributed by atoms with E-state index in [0.29, 0.717) is 13.0 Å². The van der Waals surface area contributed by atoms with Crippen LogP contribution in [0.15, 0.2) is 12.4 Å². The summed E-state index contributed by atoms with van der Waals surface area (Å²) in [6, 6.07) is 0. The average molecular weight is 376 g/mol. The van der Waals surface area contributed by atoms with E-state index in [1.807, 2.05) is 17.3 Å². The van der Waals surface area contributed by atoms with E-state index >= 15 is 0 Å². The van der Waals surface area contributed by atoms with E-state index in [4.69, 9.17) is 0 Å². The van der Waals surface area contributed by atoms with Crippen LogP contribution < -0.4 is 0 Å². The van der Waals surface area contributed by atoms with Gasteiger partial charge < -0.3 is 19.3 Å². The number of carbonyl (C=O) groups is 2. The predicted octanol–water partition coefficient (Wildman–Crippen LogP) is 1.55. The monoisotopic (exact) mass is 375 g/mol. The van der Waals surface area contributed by atoms with Crippen LogP contribution in [0.4, 0.5) is 0 Å². The molecule has 2 saturated heterocycles. The lowest BCUT2D eigenvalue weighted by Gasteiger charge is -2.34. The van der Waals surface area contributed by atoms with Crippen LogP contribution in [0, 0.1) is 0 Å². The SMILES string of the molecule is CN(C)CCn1ccnc1[C@H]1CCCN(C(=O)CN2CCCCCC2=O)C1. The fraction of sp³-hybridized carbons (Fsp3) is 0.750. The second kappa shape index (κ2) is 9.35. The number of likely N-dealkylation sites (tertiary alicyclic amines) is 2. The van der Waals surface area contributed by atoms with Crippen LogP contribution in [0.1, 0.15) is 50.3 Å². The molecule has 0 N–H and O–H groups in total. The number of hydrogen-bond acceptors (Lipinski definition) is 4. The number of nitrogens with zero attached hydrogens (tertiary/aromatic N) is 5. The number of amides is 2. The maximum Gasteiger partial charge on any atom is 0.242 e. The molecule has 0 spiro atoms. The summed E-state index contributed by atoms with van der Waals surface area (Å²) in [6.45, 7) is 4.33. The molecule has 0 aliphatic carbocycles. The quantitative estimate of drug-likeness (QED) is 0.757. The summed E-state index contributed by atoms with van der Waals surface area (Å²) >= 11 is 0. The van der Waals surface area contributed by atoms with Gasteiger partial charge in [-0.15, -0.1) is 0 Å². The molecule has 0 bridgehead atoms. The molecule has 1 atom stereocenters. The lowest BCUT2D eigenvalue weighted by Crippen LogP contribution is -2.46. The first-order valence-corrected chi connectivity index (χ1v) is 10.3. The van der Waals surface area contributed by atoms with Crippen molar-refractivity contribution in [3.05, 3.63) is 18.2 Å². The lowest BCUT2D eigenvalue weighted by molar-refractivity contribution is -0.140. The van der Waals surface area contributed by atoms with Crippen LogP contribution in [0.5, 0.6) is 0 Å². The minimum absolute atomic E-state index is 0.0846. The fourth-order valence-corrected chi connectivity index (χ4v) is 4.06. The van der Waals surface area contributed by atoms with Crippen molar-refractivity contribution in [2.45, 2.75) is 51.0 Å². The molecule has 3 heterocycles. The van der Waals surface area contributed by atoms with Gasteiger partial charge in [-0.2, -0.15) is 0 Å². The molecular weight excluding hydrogens is 342 g/mol. The van der Waals surface area contributed by atoms with E-state index in [-0.39, 0.29) is 24.3 Å². The van der Waals surface area contributed by atoms with Crippen molar-refractivity contribution in [1.29, 1.82) is 0 Å². The summed E-state index contributed by atoms with van der Waals surface area (Å²) < 4.78 is 2.22. The van der Waals surface area contributed by atoms with Crippen molar-refractivity contribution in [2.24, 2.45) is 0 Å². The Balaban J connectivity index is 1.60. The van der Waals surface area contributed by atoms with Crippen LogP contribution in [-0.4, -0.2) is 82.9 Å². The first-order chi connectivity index (χ1) is 13.0. The molecule has 2 amide bonds. The van der Waals surface area contributed by atoms with Crippen molar-refractivity contribution in [1.82, 2.24) is 24.3 Å². The molecular formula is C20H33N5O2. The molecule has 0 saturated carbocycles. The molecule has 7 heteroatoms. The highest BCUT2D eigenvalue weighted by Crippen LogP contribution is 2.26. The highest BCUT2D eigenvalue weighted by molar-refractivity contribution is 5.85. The highest BCUT2D eigenvalue weighted by Gasteiger charge is 2.29. The van der Waals surface area contributed by atoms with E-state index in [1.165, 1.54) is 0 Å². The lowest BCUT2D eigenvalue weighted by atomic mass is 9.97. The van der Waals surface area contributed by atoms with Gasteiger partial charge in [0.15, 0.2) is 0 Å². The topological polar surface area (TPSA) is 61.7 Å². The normalized spacial score (nSPS) is 21.6. The molecule has 1 aromatic heterocycles. The van der Waals surface area contributed by atoms with Crippen molar-refractivity contribution in [2.75, 3.05) is 46.8 Å². The van der Waals surface area contributed by atoms with Gasteiger partial charge in [0.2, 0.25) is 11.8 Å². The van der Waals surface area contributed by atoms with Crippen molar-refractivity contribution < 1.29 is 9.59 Å². The van der Waals surface area contributed by atoms with Gasteiger partial charge in [0.1, 0.15) is 5.82 Å². The van der Waals surface area contributed by atoms with Crippen LogP contribution in [0.25, 0.3) is 0 Å². The van der Waals surface area contributed by atoms with E-state index in [1.54, 1.807) is 4.90 Å². The van der Waals surface area contributed by atoms with E-state index < -0.39 is 0 Å². The Morgan fingerprint density at radius 3 is 2.89 bits per heavy atom. The zero-order valence-electron chi connectivity index (χ0n) is 16.8. The summed E-state index contributed by atoms with van der Waals surface area (Å²) in [7, 11) is 4.14. The molecule has 27 heavy (non-hydrogen) atoms. The van der Waals surface area contributed by atoms with E-state index in [9.17, 15) is 9.59 Å². The predicted molar refractivity (Wildman–Crippen MR) is 104 cm³/mol. The number of rotatable bonds is 6. The van der Waals surface area contributed by atoms with Crippen LogP contribution >= 0.6 is 0 Å². The maximum atomic E-state index is 12.8. The van der Waals surface area contributed by atoms with Crippen molar-refractivity contribution in [3.8, 4) is 0 Å². The minimum Gasteiger partial charge on any atom is -0.340 e. The van der Waals surface area contributed by atoms with Gasteiger partial charge in [-0.05, 0) is 39.8 Å². The smallest absolute Gasteiger partial charge is 0.242 e. The summed E-state index contributed by atoms with van der Waals surface area (Å²) in [5.41, 5.74) is 0. The summed E-state index contributed by atoms with van der Waals surface area (Å²) in [4.78, 5) is 35.5. The Labute approximate surface area is 162 Å². The Morgan fingerprint density at radius 1 is 1.22 bits per heavy atom.